The molecule has 0 aliphatic carbocycles. The topological polar surface area (TPSA) is 234 Å². The first-order valence-corrected chi connectivity index (χ1v) is 15.4. The minimum atomic E-state index is -0.956. The maximum atomic E-state index is 12.4. The number of hydrogen-bond donors (Lipinski definition) is 6. The first kappa shape index (κ1) is 40.8. The summed E-state index contributed by atoms with van der Waals surface area (Å²) >= 11 is 0.412. The lowest BCUT2D eigenvalue weighted by Gasteiger charge is -2.24. The van der Waals surface area contributed by atoms with E-state index in [1.807, 2.05) is 29.2 Å². The summed E-state index contributed by atoms with van der Waals surface area (Å²) in [7, 11) is 0. The molecule has 1 aromatic rings. The van der Waals surface area contributed by atoms with Crippen LogP contribution < -0.4 is 15.8 Å². The van der Waals surface area contributed by atoms with Gasteiger partial charge in [0.05, 0.1) is 39.5 Å². The van der Waals surface area contributed by atoms with Crippen molar-refractivity contribution in [2.45, 2.75) is 19.4 Å². The molecule has 0 unspecified atom stereocenters. The second-order valence-corrected chi connectivity index (χ2v) is 10.4. The van der Waals surface area contributed by atoms with Gasteiger partial charge in [0, 0.05) is 58.8 Å². The van der Waals surface area contributed by atoms with Crippen LogP contribution in [0.1, 0.15) is 17.5 Å². The van der Waals surface area contributed by atoms with Crippen molar-refractivity contribution in [3.05, 3.63) is 35.4 Å². The Morgan fingerprint density at radius 2 is 1.28 bits per heavy atom. The third-order valence-corrected chi connectivity index (χ3v) is 6.65. The number of nitrogens with two attached hydrogens (primary N) is 1. The maximum absolute atomic E-state index is 12.4. The molecule has 1 saturated heterocycles. The van der Waals surface area contributed by atoms with Crippen LogP contribution >= 0.6 is 12.2 Å². The van der Waals surface area contributed by atoms with Crippen LogP contribution in [0.3, 0.4) is 0 Å². The fourth-order valence-electron chi connectivity index (χ4n) is 4.25. The molecule has 2 amide bonds. The van der Waals surface area contributed by atoms with E-state index in [0.717, 1.165) is 17.4 Å². The van der Waals surface area contributed by atoms with E-state index in [2.05, 4.69) is 20.1 Å². The van der Waals surface area contributed by atoms with E-state index in [1.54, 1.807) is 9.80 Å². The summed E-state index contributed by atoms with van der Waals surface area (Å²) in [4.78, 5) is 62.6. The number of rotatable bonds is 20. The predicted molar refractivity (Wildman–Crippen MR) is 167 cm³/mol. The average Bonchev–Trinajstić information content (AvgIpc) is 3.11. The van der Waals surface area contributed by atoms with Crippen LogP contribution in [0.15, 0.2) is 24.3 Å². The highest BCUT2D eigenvalue weighted by atomic mass is 32.2. The van der Waals surface area contributed by atoms with Crippen molar-refractivity contribution in [1.29, 1.82) is 0 Å². The molecular weight excluding hydrogens is 628 g/mol. The van der Waals surface area contributed by atoms with Gasteiger partial charge in [0.15, 0.2) is 0 Å². The molecular formula is C28H46N6O11S. The van der Waals surface area contributed by atoms with E-state index in [0.29, 0.717) is 70.9 Å². The van der Waals surface area contributed by atoms with Crippen LogP contribution in [0, 0.1) is 0 Å². The molecule has 18 heteroatoms. The third kappa shape index (κ3) is 21.5. The molecule has 1 aromatic carbocycles. The number of carbonyl (C=O) groups is 5. The van der Waals surface area contributed by atoms with Gasteiger partial charge in [0.25, 0.3) is 0 Å². The van der Waals surface area contributed by atoms with Crippen molar-refractivity contribution < 1.29 is 53.3 Å². The average molecular weight is 675 g/mol. The summed E-state index contributed by atoms with van der Waals surface area (Å²) in [6.07, 6.45) is 2.07. The zero-order valence-corrected chi connectivity index (χ0v) is 26.7. The zero-order valence-electron chi connectivity index (χ0n) is 25.8. The van der Waals surface area contributed by atoms with Gasteiger partial charge in [-0.15, -0.1) is 4.33 Å². The van der Waals surface area contributed by atoms with E-state index in [1.165, 1.54) is 0 Å². The van der Waals surface area contributed by atoms with Gasteiger partial charge in [-0.1, -0.05) is 24.3 Å². The van der Waals surface area contributed by atoms with Gasteiger partial charge in [-0.3, -0.25) is 39.0 Å². The van der Waals surface area contributed by atoms with Crippen molar-refractivity contribution in [1.82, 2.24) is 25.3 Å². The first-order valence-electron chi connectivity index (χ1n) is 14.6. The molecule has 1 aliphatic rings. The number of carboxylic acid groups (broad SMARTS) is 2. The Kier molecular flexibility index (Phi) is 23.0. The molecule has 17 nitrogen and oxygen atoms in total. The highest BCUT2D eigenvalue weighted by molar-refractivity contribution is 7.92. The van der Waals surface area contributed by atoms with Gasteiger partial charge in [-0.25, -0.2) is 5.26 Å². The van der Waals surface area contributed by atoms with Gasteiger partial charge in [-0.05, 0) is 17.5 Å². The minimum Gasteiger partial charge on any atom is -0.480 e. The third-order valence-electron chi connectivity index (χ3n) is 6.56. The zero-order chi connectivity index (χ0) is 34.0. The highest BCUT2D eigenvalue weighted by Crippen LogP contribution is 2.06. The molecule has 260 valence electrons. The fraction of sp³-hybridized carbons (Fsp3) is 0.607. The molecule has 2 rings (SSSR count). The number of carboxylic acids is 2. The van der Waals surface area contributed by atoms with E-state index in [4.69, 9.17) is 24.9 Å². The molecule has 0 atom stereocenters. The van der Waals surface area contributed by atoms with Gasteiger partial charge in [-0.2, -0.15) is 0 Å². The number of aldehydes is 1. The number of nitrogens with zero attached hydrogens (tertiary/aromatic N) is 3. The lowest BCUT2D eigenvalue weighted by molar-refractivity contribution is -0.140. The molecule has 1 heterocycles. The molecule has 1 aliphatic heterocycles. The van der Waals surface area contributed by atoms with Gasteiger partial charge >= 0.3 is 11.9 Å². The Morgan fingerprint density at radius 3 is 1.78 bits per heavy atom. The first-order chi connectivity index (χ1) is 22.2. The Labute approximate surface area is 272 Å². The summed E-state index contributed by atoms with van der Waals surface area (Å²) in [5.41, 5.74) is 2.02. The Bertz CT molecular complexity index is 1010. The van der Waals surface area contributed by atoms with E-state index >= 15 is 0 Å². The monoisotopic (exact) mass is 674 g/mol. The summed E-state index contributed by atoms with van der Waals surface area (Å²) in [6, 6.07) is 7.70. The second kappa shape index (κ2) is 25.9. The lowest BCUT2D eigenvalue weighted by atomic mass is 10.1. The second-order valence-electron chi connectivity index (χ2n) is 10.1. The number of aryl methyl sites for hydroxylation is 1. The van der Waals surface area contributed by atoms with Gasteiger partial charge in [0.1, 0.15) is 25.1 Å². The van der Waals surface area contributed by atoms with E-state index in [-0.39, 0.29) is 64.4 Å². The fourth-order valence-corrected chi connectivity index (χ4v) is 4.25. The summed E-state index contributed by atoms with van der Waals surface area (Å²) in [6.45, 7) is 3.88. The van der Waals surface area contributed by atoms with Gasteiger partial charge in [0.2, 0.25) is 11.8 Å². The molecule has 0 aromatic heterocycles. The number of nitrogens with one attached hydrogen (secondary N) is 2. The molecule has 0 radical (unpaired) electrons. The summed E-state index contributed by atoms with van der Waals surface area (Å²) in [5.74, 6) is -2.37. The largest absolute Gasteiger partial charge is 0.480 e. The van der Waals surface area contributed by atoms with Crippen LogP contribution in [0.4, 0.5) is 0 Å². The minimum absolute atomic E-state index is 0.0961. The van der Waals surface area contributed by atoms with Crippen molar-refractivity contribution in [3.8, 4) is 0 Å². The number of benzene rings is 1. The molecule has 46 heavy (non-hydrogen) atoms. The molecule has 7 N–H and O–H groups in total. The smallest absolute Gasteiger partial charge is 0.317 e. The van der Waals surface area contributed by atoms with Crippen molar-refractivity contribution in [3.63, 3.8) is 0 Å². The predicted octanol–water partition coefficient (Wildman–Crippen LogP) is -1.33. The summed E-state index contributed by atoms with van der Waals surface area (Å²) in [5, 5.41) is 35.5. The van der Waals surface area contributed by atoms with E-state index < -0.39 is 11.9 Å². The normalized spacial score (nSPS) is 14.6. The number of ether oxygens (including phenoxy) is 2. The van der Waals surface area contributed by atoms with Crippen molar-refractivity contribution >= 4 is 42.3 Å². The highest BCUT2D eigenvalue weighted by Gasteiger charge is 2.20. The van der Waals surface area contributed by atoms with Crippen molar-refractivity contribution in [2.75, 3.05) is 91.9 Å². The van der Waals surface area contributed by atoms with Crippen LogP contribution in [-0.2, 0) is 50.7 Å². The lowest BCUT2D eigenvalue weighted by Crippen LogP contribution is -2.43. The number of hydrogen-bond acceptors (Lipinski definition) is 14. The number of aliphatic carboxylic acids is 2. The van der Waals surface area contributed by atoms with Crippen LogP contribution in [0.5, 0.6) is 0 Å². The standard InChI is InChI=1S/C28H43N5O9.H3NO2S/c34-14-1-2-23-3-5-24(6-4-23)18-30-26(36)22-42-17-16-41-15-7-29-25(35)19-31-8-10-32(20-27(37)38)12-13-33(11-9-31)21-28(39)40;1-4-3-2/h3-6,14H,1-2,7-13,15-22H2,(H,29,35)(H,30,36)(H,37,38)(H,39,40);2H,1H2. The SMILES string of the molecule is NSOO.O=CCCc1ccc(CNC(=O)COCCOCCNC(=O)CN2CCN(CC(=O)O)CCN(CC(=O)O)CC2)cc1. The molecule has 0 spiro atoms. The number of amides is 2. The Morgan fingerprint density at radius 1 is 0.783 bits per heavy atom. The molecule has 0 saturated carbocycles. The maximum Gasteiger partial charge on any atom is 0.317 e. The Hall–Kier alpha value is -3.20. The van der Waals surface area contributed by atoms with Gasteiger partial charge < -0.3 is 35.1 Å². The van der Waals surface area contributed by atoms with E-state index in [9.17, 15) is 24.0 Å². The van der Waals surface area contributed by atoms with Crippen molar-refractivity contribution in [2.24, 2.45) is 5.14 Å². The Balaban J connectivity index is 0.00000249. The quantitative estimate of drug-likeness (QED) is 0.0235. The summed E-state index contributed by atoms with van der Waals surface area (Å²) < 4.78 is 14.0. The van der Waals surface area contributed by atoms with Crippen LogP contribution in [-0.4, -0.2) is 152 Å². The number of carbonyl (C=O) groups excluding carboxylic acids is 3. The molecule has 1 fully saturated rings. The van der Waals surface area contributed by atoms with Crippen LogP contribution in [0.2, 0.25) is 0 Å². The molecule has 0 bridgehead atoms. The van der Waals surface area contributed by atoms with Crippen LogP contribution in [0.25, 0.3) is 0 Å².